The summed E-state index contributed by atoms with van der Waals surface area (Å²) in [4.78, 5) is 11.2. The minimum atomic E-state index is 0.0455. The fourth-order valence-electron chi connectivity index (χ4n) is 1.10. The number of nitrogens with one attached hydrogen (secondary N) is 1. The largest absolute Gasteiger partial charge is 0.379 e. The summed E-state index contributed by atoms with van der Waals surface area (Å²) in [6.45, 7) is 16.2. The Kier molecular flexibility index (Phi) is 33.3. The maximum Gasteiger partial charge on any atom is 0.222 e. The second kappa shape index (κ2) is 27.7. The number of hydrogen-bond donors (Lipinski definition) is 1. The van der Waals surface area contributed by atoms with Crippen molar-refractivity contribution in [3.63, 3.8) is 0 Å². The predicted molar refractivity (Wildman–Crippen MR) is 88.7 cm³/mol. The molecule has 0 rings (SSSR count). The molecule has 0 aromatic carbocycles. The van der Waals surface area contributed by atoms with Gasteiger partial charge in [0, 0.05) is 19.6 Å². The first kappa shape index (κ1) is 25.3. The molecule has 0 aromatic heterocycles. The van der Waals surface area contributed by atoms with Gasteiger partial charge in [-0.15, -0.1) is 0 Å². The summed E-state index contributed by atoms with van der Waals surface area (Å²) in [7, 11) is 0. The third kappa shape index (κ3) is 28.3. The summed E-state index contributed by atoms with van der Waals surface area (Å²) in [5.41, 5.74) is 0. The third-order valence-electron chi connectivity index (χ3n) is 1.99. The summed E-state index contributed by atoms with van der Waals surface area (Å²) in [5, 5.41) is 2.79. The molecule has 0 unspecified atom stereocenters. The summed E-state index contributed by atoms with van der Waals surface area (Å²) < 4.78 is 15.6. The monoisotopic (exact) mass is 307 g/mol. The first-order valence-electron chi connectivity index (χ1n) is 8.31. The van der Waals surface area contributed by atoms with Crippen molar-refractivity contribution in [2.45, 2.75) is 54.4 Å². The van der Waals surface area contributed by atoms with Gasteiger partial charge in [0.15, 0.2) is 0 Å². The van der Waals surface area contributed by atoms with Gasteiger partial charge < -0.3 is 19.5 Å². The van der Waals surface area contributed by atoms with Crippen LogP contribution in [0.1, 0.15) is 54.4 Å². The highest BCUT2D eigenvalue weighted by atomic mass is 16.5. The Labute approximate surface area is 131 Å². The van der Waals surface area contributed by atoms with Crippen molar-refractivity contribution in [2.24, 2.45) is 0 Å². The minimum absolute atomic E-state index is 0.0455. The molecule has 21 heavy (non-hydrogen) atoms. The van der Waals surface area contributed by atoms with Crippen LogP contribution in [0.25, 0.3) is 0 Å². The van der Waals surface area contributed by atoms with Crippen molar-refractivity contribution in [3.05, 3.63) is 0 Å². The van der Waals surface area contributed by atoms with Gasteiger partial charge in [0.25, 0.3) is 0 Å². The molecular weight excluding hydrogens is 270 g/mol. The van der Waals surface area contributed by atoms with E-state index in [9.17, 15) is 4.79 Å². The number of hydrogen-bond acceptors (Lipinski definition) is 4. The fourth-order valence-corrected chi connectivity index (χ4v) is 1.10. The molecule has 1 amide bonds. The molecule has 0 aliphatic rings. The first-order chi connectivity index (χ1) is 10.3. The molecule has 0 aliphatic carbocycles. The highest BCUT2D eigenvalue weighted by molar-refractivity contribution is 5.75. The standard InChI is InChI=1S/C12H25NO4.2C2H6/c1-3-6-13-12(14)5-7-16-10-11-17-9-8-15-4-2;2*1-2/h3-11H2,1-2H3,(H,13,14);2*1-2H3. The molecule has 0 aromatic rings. The van der Waals surface area contributed by atoms with Gasteiger partial charge in [-0.05, 0) is 13.3 Å². The zero-order valence-electron chi connectivity index (χ0n) is 15.0. The van der Waals surface area contributed by atoms with Gasteiger partial charge in [-0.25, -0.2) is 0 Å². The highest BCUT2D eigenvalue weighted by Gasteiger charge is 1.99. The molecule has 0 saturated carbocycles. The van der Waals surface area contributed by atoms with Gasteiger partial charge in [0.2, 0.25) is 5.91 Å². The topological polar surface area (TPSA) is 56.8 Å². The van der Waals surface area contributed by atoms with Gasteiger partial charge in [0.1, 0.15) is 0 Å². The van der Waals surface area contributed by atoms with Crippen molar-refractivity contribution < 1.29 is 19.0 Å². The second-order valence-electron chi connectivity index (χ2n) is 3.52. The summed E-state index contributed by atoms with van der Waals surface area (Å²) in [6.07, 6.45) is 1.37. The molecule has 5 heteroatoms. The maximum absolute atomic E-state index is 11.2. The van der Waals surface area contributed by atoms with Crippen LogP contribution < -0.4 is 5.32 Å². The molecule has 0 bridgehead atoms. The van der Waals surface area contributed by atoms with E-state index in [1.165, 1.54) is 0 Å². The number of carbonyl (C=O) groups excluding carboxylic acids is 1. The Morgan fingerprint density at radius 3 is 1.76 bits per heavy atom. The van der Waals surface area contributed by atoms with Crippen LogP contribution in [-0.4, -0.2) is 52.1 Å². The molecule has 0 spiro atoms. The molecule has 130 valence electrons. The van der Waals surface area contributed by atoms with Crippen molar-refractivity contribution >= 4 is 5.91 Å². The lowest BCUT2D eigenvalue weighted by atomic mass is 10.4. The second-order valence-corrected chi connectivity index (χ2v) is 3.52. The Balaban J connectivity index is -0.000000739. The third-order valence-corrected chi connectivity index (χ3v) is 1.99. The first-order valence-corrected chi connectivity index (χ1v) is 8.31. The van der Waals surface area contributed by atoms with Crippen LogP contribution in [-0.2, 0) is 19.0 Å². The zero-order chi connectivity index (χ0) is 16.8. The molecule has 1 N–H and O–H groups in total. The number of ether oxygens (including phenoxy) is 3. The van der Waals surface area contributed by atoms with Crippen molar-refractivity contribution in [2.75, 3.05) is 46.2 Å². The van der Waals surface area contributed by atoms with Crippen LogP contribution in [0, 0.1) is 0 Å². The number of amides is 1. The maximum atomic E-state index is 11.2. The van der Waals surface area contributed by atoms with E-state index >= 15 is 0 Å². The average molecular weight is 307 g/mol. The fraction of sp³-hybridized carbons (Fsp3) is 0.938. The van der Waals surface area contributed by atoms with Crippen LogP contribution in [0.5, 0.6) is 0 Å². The minimum Gasteiger partial charge on any atom is -0.379 e. The van der Waals surface area contributed by atoms with Crippen LogP contribution in [0.2, 0.25) is 0 Å². The van der Waals surface area contributed by atoms with E-state index in [-0.39, 0.29) is 5.91 Å². The van der Waals surface area contributed by atoms with E-state index in [0.29, 0.717) is 46.1 Å². The summed E-state index contributed by atoms with van der Waals surface area (Å²) in [6, 6.07) is 0. The van der Waals surface area contributed by atoms with Gasteiger partial charge in [-0.3, -0.25) is 4.79 Å². The summed E-state index contributed by atoms with van der Waals surface area (Å²) in [5.74, 6) is 0.0455. The Morgan fingerprint density at radius 1 is 0.810 bits per heavy atom. The SMILES string of the molecule is CC.CC.CCCNC(=O)CCOCCOCCOCC. The number of rotatable bonds is 12. The summed E-state index contributed by atoms with van der Waals surface area (Å²) >= 11 is 0. The number of carbonyl (C=O) groups is 1. The van der Waals surface area contributed by atoms with Crippen LogP contribution in [0.3, 0.4) is 0 Å². The van der Waals surface area contributed by atoms with Crippen LogP contribution in [0.4, 0.5) is 0 Å². The molecule has 0 heterocycles. The Hall–Kier alpha value is -0.650. The Morgan fingerprint density at radius 2 is 1.29 bits per heavy atom. The molecule has 0 fully saturated rings. The van der Waals surface area contributed by atoms with E-state index < -0.39 is 0 Å². The van der Waals surface area contributed by atoms with E-state index in [2.05, 4.69) is 5.32 Å². The van der Waals surface area contributed by atoms with E-state index in [4.69, 9.17) is 14.2 Å². The van der Waals surface area contributed by atoms with Gasteiger partial charge >= 0.3 is 0 Å². The van der Waals surface area contributed by atoms with Gasteiger partial charge in [0.05, 0.1) is 33.0 Å². The molecule has 0 aliphatic heterocycles. The van der Waals surface area contributed by atoms with Crippen LogP contribution in [0.15, 0.2) is 0 Å². The van der Waals surface area contributed by atoms with Crippen molar-refractivity contribution in [1.29, 1.82) is 0 Å². The predicted octanol–water partition coefficient (Wildman–Crippen LogP) is 3.02. The molecule has 0 atom stereocenters. The van der Waals surface area contributed by atoms with E-state index in [1.54, 1.807) is 0 Å². The van der Waals surface area contributed by atoms with Crippen LogP contribution >= 0.6 is 0 Å². The van der Waals surface area contributed by atoms with Gasteiger partial charge in [-0.2, -0.15) is 0 Å². The lowest BCUT2D eigenvalue weighted by Gasteiger charge is -2.06. The molecule has 5 nitrogen and oxygen atoms in total. The Bertz CT molecular complexity index is 178. The van der Waals surface area contributed by atoms with Crippen molar-refractivity contribution in [1.82, 2.24) is 5.32 Å². The highest BCUT2D eigenvalue weighted by Crippen LogP contribution is 1.85. The van der Waals surface area contributed by atoms with E-state index in [0.717, 1.165) is 13.0 Å². The normalized spacial score (nSPS) is 9.05. The average Bonchev–Trinajstić information content (AvgIpc) is 2.55. The van der Waals surface area contributed by atoms with E-state index in [1.807, 2.05) is 41.5 Å². The lowest BCUT2D eigenvalue weighted by molar-refractivity contribution is -0.122. The molecular formula is C16H37NO4. The molecule has 0 radical (unpaired) electrons. The zero-order valence-corrected chi connectivity index (χ0v) is 15.0. The quantitative estimate of drug-likeness (QED) is 0.563. The van der Waals surface area contributed by atoms with Crippen molar-refractivity contribution in [3.8, 4) is 0 Å². The molecule has 0 saturated heterocycles. The smallest absolute Gasteiger partial charge is 0.222 e. The van der Waals surface area contributed by atoms with Gasteiger partial charge in [-0.1, -0.05) is 34.6 Å². The lowest BCUT2D eigenvalue weighted by Crippen LogP contribution is -2.25.